The molecule has 0 radical (unpaired) electrons. The van der Waals surface area contributed by atoms with Crippen LogP contribution in [-0.2, 0) is 4.79 Å². The second kappa shape index (κ2) is 9.19. The van der Waals surface area contributed by atoms with Gasteiger partial charge in [0.15, 0.2) is 5.78 Å². The molecule has 0 aliphatic heterocycles. The summed E-state index contributed by atoms with van der Waals surface area (Å²) in [5.41, 5.74) is 4.75. The molecule has 0 aliphatic carbocycles. The van der Waals surface area contributed by atoms with Gasteiger partial charge in [0.2, 0.25) is 5.91 Å². The van der Waals surface area contributed by atoms with E-state index in [4.69, 9.17) is 0 Å². The predicted octanol–water partition coefficient (Wildman–Crippen LogP) is 5.22. The van der Waals surface area contributed by atoms with Crippen molar-refractivity contribution in [2.75, 3.05) is 16.8 Å². The number of nitrogens with one attached hydrogen (secondary N) is 1. The van der Waals surface area contributed by atoms with Gasteiger partial charge in [-0.2, -0.15) is 0 Å². The molecule has 0 atom stereocenters. The van der Waals surface area contributed by atoms with Crippen LogP contribution >= 0.6 is 11.8 Å². The number of Topliss-reactive ketones (excluding diaryl/α,β-unsaturated/α-hetero) is 1. The van der Waals surface area contributed by atoms with E-state index in [1.807, 2.05) is 85.8 Å². The first-order chi connectivity index (χ1) is 13.1. The molecule has 0 unspecified atom stereocenters. The fourth-order valence-electron chi connectivity index (χ4n) is 2.72. The van der Waals surface area contributed by atoms with E-state index in [0.29, 0.717) is 5.56 Å². The van der Waals surface area contributed by atoms with Gasteiger partial charge in [0.1, 0.15) is 0 Å². The van der Waals surface area contributed by atoms with Crippen molar-refractivity contribution in [2.24, 2.45) is 0 Å². The highest BCUT2D eigenvalue weighted by atomic mass is 32.2. The van der Waals surface area contributed by atoms with Crippen LogP contribution < -0.4 is 5.32 Å². The van der Waals surface area contributed by atoms with Crippen LogP contribution in [0.1, 0.15) is 15.9 Å². The van der Waals surface area contributed by atoms with Crippen molar-refractivity contribution in [1.82, 2.24) is 0 Å². The number of carbonyl (C=O) groups excluding carboxylic acids is 2. The van der Waals surface area contributed by atoms with E-state index in [9.17, 15) is 9.59 Å². The van der Waals surface area contributed by atoms with Crippen molar-refractivity contribution < 1.29 is 9.59 Å². The summed E-state index contributed by atoms with van der Waals surface area (Å²) in [6.45, 7) is 1.98. The molecule has 0 aliphatic rings. The maximum atomic E-state index is 12.3. The molecule has 4 heteroatoms. The van der Waals surface area contributed by atoms with E-state index in [1.165, 1.54) is 11.8 Å². The Morgan fingerprint density at radius 1 is 0.815 bits per heavy atom. The van der Waals surface area contributed by atoms with Crippen LogP contribution in [0.2, 0.25) is 0 Å². The number of rotatable bonds is 7. The Morgan fingerprint density at radius 3 is 2.22 bits per heavy atom. The number of ketones is 1. The molecule has 3 aromatic rings. The Morgan fingerprint density at radius 2 is 1.52 bits per heavy atom. The molecule has 0 saturated carbocycles. The fourth-order valence-corrected chi connectivity index (χ4v) is 3.43. The first-order valence-corrected chi connectivity index (χ1v) is 9.90. The van der Waals surface area contributed by atoms with Crippen LogP contribution in [0.25, 0.3) is 11.1 Å². The maximum Gasteiger partial charge on any atom is 0.234 e. The number of carbonyl (C=O) groups is 2. The second-order valence-corrected chi connectivity index (χ2v) is 7.26. The third-order valence-corrected chi connectivity index (χ3v) is 5.01. The molecule has 27 heavy (non-hydrogen) atoms. The lowest BCUT2D eigenvalue weighted by molar-refractivity contribution is -0.113. The van der Waals surface area contributed by atoms with Crippen LogP contribution in [0.5, 0.6) is 0 Å². The summed E-state index contributed by atoms with van der Waals surface area (Å²) in [5, 5.41) is 2.85. The zero-order valence-corrected chi connectivity index (χ0v) is 16.0. The summed E-state index contributed by atoms with van der Waals surface area (Å²) in [4.78, 5) is 24.3. The zero-order valence-electron chi connectivity index (χ0n) is 15.1. The lowest BCUT2D eigenvalue weighted by atomic mass is 10.0. The number of thioether (sulfide) groups is 1. The van der Waals surface area contributed by atoms with Crippen LogP contribution in [0.3, 0.4) is 0 Å². The molecule has 0 heterocycles. The highest BCUT2D eigenvalue weighted by Gasteiger charge is 2.09. The van der Waals surface area contributed by atoms with E-state index < -0.39 is 0 Å². The minimum Gasteiger partial charge on any atom is -0.325 e. The molecule has 136 valence electrons. The Bertz CT molecular complexity index is 921. The quantitative estimate of drug-likeness (QED) is 0.576. The van der Waals surface area contributed by atoms with Crippen LogP contribution in [0.4, 0.5) is 5.69 Å². The van der Waals surface area contributed by atoms with Gasteiger partial charge in [-0.1, -0.05) is 66.7 Å². The van der Waals surface area contributed by atoms with Gasteiger partial charge in [-0.05, 0) is 35.7 Å². The number of benzene rings is 3. The smallest absolute Gasteiger partial charge is 0.234 e. The van der Waals surface area contributed by atoms with Gasteiger partial charge in [-0.3, -0.25) is 9.59 Å². The van der Waals surface area contributed by atoms with E-state index in [2.05, 4.69) is 5.32 Å². The second-order valence-electron chi connectivity index (χ2n) is 6.28. The van der Waals surface area contributed by atoms with Crippen molar-refractivity contribution in [3.8, 4) is 11.1 Å². The number of anilines is 1. The summed E-state index contributed by atoms with van der Waals surface area (Å²) in [5.74, 6) is 0.467. The lowest BCUT2D eigenvalue weighted by Gasteiger charge is -2.06. The average Bonchev–Trinajstić information content (AvgIpc) is 2.69. The van der Waals surface area contributed by atoms with Gasteiger partial charge in [-0.25, -0.2) is 0 Å². The molecule has 3 aromatic carbocycles. The zero-order chi connectivity index (χ0) is 19.1. The Labute approximate surface area is 163 Å². The van der Waals surface area contributed by atoms with Crippen LogP contribution in [-0.4, -0.2) is 23.2 Å². The van der Waals surface area contributed by atoms with Crippen molar-refractivity contribution in [3.63, 3.8) is 0 Å². The summed E-state index contributed by atoms with van der Waals surface area (Å²) < 4.78 is 0. The molecular weight excluding hydrogens is 354 g/mol. The minimum absolute atomic E-state index is 0.0305. The Balaban J connectivity index is 1.48. The molecule has 0 aromatic heterocycles. The first-order valence-electron chi connectivity index (χ1n) is 8.75. The van der Waals surface area contributed by atoms with E-state index in [0.717, 1.165) is 22.4 Å². The first kappa shape index (κ1) is 18.9. The number of amides is 1. The molecule has 3 nitrogen and oxygen atoms in total. The van der Waals surface area contributed by atoms with E-state index in [-0.39, 0.29) is 23.2 Å². The number of hydrogen-bond donors (Lipinski definition) is 1. The third kappa shape index (κ3) is 5.56. The van der Waals surface area contributed by atoms with E-state index >= 15 is 0 Å². The summed E-state index contributed by atoms with van der Waals surface area (Å²) >= 11 is 1.33. The molecule has 0 spiro atoms. The fraction of sp³-hybridized carbons (Fsp3) is 0.130. The topological polar surface area (TPSA) is 46.2 Å². The number of aryl methyl sites for hydroxylation is 1. The molecule has 0 bridgehead atoms. The monoisotopic (exact) mass is 375 g/mol. The average molecular weight is 375 g/mol. The van der Waals surface area contributed by atoms with Gasteiger partial charge < -0.3 is 5.32 Å². The van der Waals surface area contributed by atoms with Gasteiger partial charge in [0, 0.05) is 11.3 Å². The normalized spacial score (nSPS) is 10.4. The van der Waals surface area contributed by atoms with Gasteiger partial charge >= 0.3 is 0 Å². The molecule has 1 amide bonds. The van der Waals surface area contributed by atoms with Crippen molar-refractivity contribution in [1.29, 1.82) is 0 Å². The van der Waals surface area contributed by atoms with Crippen molar-refractivity contribution in [2.45, 2.75) is 6.92 Å². The summed E-state index contributed by atoms with van der Waals surface area (Å²) in [6.07, 6.45) is 0. The van der Waals surface area contributed by atoms with E-state index in [1.54, 1.807) is 0 Å². The number of hydrogen-bond acceptors (Lipinski definition) is 3. The SMILES string of the molecule is Cc1cccc(NC(=O)CSCC(=O)c2ccc(-c3ccccc3)cc2)c1. The van der Waals surface area contributed by atoms with Gasteiger partial charge in [-0.15, -0.1) is 11.8 Å². The van der Waals surface area contributed by atoms with Crippen LogP contribution in [0, 0.1) is 6.92 Å². The van der Waals surface area contributed by atoms with Crippen molar-refractivity contribution in [3.05, 3.63) is 90.0 Å². The van der Waals surface area contributed by atoms with Crippen molar-refractivity contribution >= 4 is 29.1 Å². The van der Waals surface area contributed by atoms with Gasteiger partial charge in [0.25, 0.3) is 0 Å². The highest BCUT2D eigenvalue weighted by Crippen LogP contribution is 2.20. The van der Waals surface area contributed by atoms with Gasteiger partial charge in [0.05, 0.1) is 11.5 Å². The molecular formula is C23H21NO2S. The highest BCUT2D eigenvalue weighted by molar-refractivity contribution is 8.00. The van der Waals surface area contributed by atoms with Crippen LogP contribution in [0.15, 0.2) is 78.9 Å². The lowest BCUT2D eigenvalue weighted by Crippen LogP contribution is -2.15. The predicted molar refractivity (Wildman–Crippen MR) is 113 cm³/mol. The maximum absolute atomic E-state index is 12.3. The molecule has 1 N–H and O–H groups in total. The Kier molecular flexibility index (Phi) is 6.44. The molecule has 0 fully saturated rings. The summed E-state index contributed by atoms with van der Waals surface area (Å²) in [7, 11) is 0. The Hall–Kier alpha value is -2.85. The third-order valence-electron chi connectivity index (χ3n) is 4.08. The molecule has 3 rings (SSSR count). The summed E-state index contributed by atoms with van der Waals surface area (Å²) in [6, 6.07) is 25.3. The standard InChI is InChI=1S/C23H21NO2S/c1-17-6-5-9-21(14-17)24-23(26)16-27-15-22(25)20-12-10-19(11-13-20)18-7-3-2-4-8-18/h2-14H,15-16H2,1H3,(H,24,26). The minimum atomic E-state index is -0.0992. The largest absolute Gasteiger partial charge is 0.325 e. The molecule has 0 saturated heterocycles.